The second kappa shape index (κ2) is 4.53. The van der Waals surface area contributed by atoms with Crippen LogP contribution in [0.5, 0.6) is 0 Å². The van der Waals surface area contributed by atoms with Gasteiger partial charge in [0, 0.05) is 7.05 Å². The van der Waals surface area contributed by atoms with Gasteiger partial charge >= 0.3 is 0 Å². The molecule has 0 saturated heterocycles. The van der Waals surface area contributed by atoms with E-state index in [2.05, 4.69) is 17.2 Å². The molecule has 1 aromatic rings. The number of nitrogens with zero attached hydrogens (tertiary/aromatic N) is 3. The van der Waals surface area contributed by atoms with E-state index in [1.165, 1.54) is 12.8 Å². The fourth-order valence-corrected chi connectivity index (χ4v) is 2.82. The summed E-state index contributed by atoms with van der Waals surface area (Å²) in [5.41, 5.74) is 0.171. The van der Waals surface area contributed by atoms with Crippen LogP contribution in [-0.2, 0) is 12.6 Å². The van der Waals surface area contributed by atoms with Crippen molar-refractivity contribution in [1.29, 1.82) is 0 Å². The van der Waals surface area contributed by atoms with Crippen LogP contribution in [0.25, 0.3) is 0 Å². The van der Waals surface area contributed by atoms with Crippen LogP contribution in [0.3, 0.4) is 0 Å². The topological polar surface area (TPSA) is 50.9 Å². The average Bonchev–Trinajstić information content (AvgIpc) is 2.69. The minimum absolute atomic E-state index is 0.692. The summed E-state index contributed by atoms with van der Waals surface area (Å²) in [6, 6.07) is 0. The van der Waals surface area contributed by atoms with Gasteiger partial charge in [-0.25, -0.2) is 4.68 Å². The first-order valence-corrected chi connectivity index (χ1v) is 6.23. The van der Waals surface area contributed by atoms with Gasteiger partial charge in [0.25, 0.3) is 0 Å². The van der Waals surface area contributed by atoms with Gasteiger partial charge in [-0.2, -0.15) is 0 Å². The number of aliphatic hydroxyl groups is 1. The Bertz CT molecular complexity index is 340. The third kappa shape index (κ3) is 2.12. The number of aromatic nitrogens is 3. The molecule has 4 nitrogen and oxygen atoms in total. The molecule has 0 aliphatic heterocycles. The molecule has 16 heavy (non-hydrogen) atoms. The Morgan fingerprint density at radius 3 is 2.69 bits per heavy atom. The van der Waals surface area contributed by atoms with Crippen LogP contribution in [-0.4, -0.2) is 20.1 Å². The molecule has 0 aromatic carbocycles. The average molecular weight is 223 g/mol. The Morgan fingerprint density at radius 2 is 2.19 bits per heavy atom. The maximum absolute atomic E-state index is 10.6. The molecular weight excluding hydrogens is 202 g/mol. The van der Waals surface area contributed by atoms with Crippen LogP contribution in [0, 0.1) is 5.92 Å². The molecule has 1 saturated carbocycles. The molecule has 1 aliphatic rings. The lowest BCUT2D eigenvalue weighted by Crippen LogP contribution is -2.33. The molecule has 0 bridgehead atoms. The van der Waals surface area contributed by atoms with Crippen LogP contribution in [0.1, 0.15) is 51.1 Å². The Hall–Kier alpha value is -0.900. The van der Waals surface area contributed by atoms with Gasteiger partial charge in [-0.3, -0.25) is 0 Å². The largest absolute Gasteiger partial charge is 0.384 e. The number of rotatable bonds is 3. The quantitative estimate of drug-likeness (QED) is 0.852. The zero-order valence-corrected chi connectivity index (χ0v) is 10.2. The second-order valence-corrected chi connectivity index (χ2v) is 5.01. The zero-order chi connectivity index (χ0) is 11.6. The van der Waals surface area contributed by atoms with E-state index in [-0.39, 0.29) is 0 Å². The monoisotopic (exact) mass is 223 g/mol. The molecule has 0 radical (unpaired) electrons. The Labute approximate surface area is 96.7 Å². The SMILES string of the molecule is CCCC1CCC(O)(c2cnnn2C)CC1. The van der Waals surface area contributed by atoms with Crippen molar-refractivity contribution in [2.75, 3.05) is 0 Å². The zero-order valence-electron chi connectivity index (χ0n) is 10.2. The van der Waals surface area contributed by atoms with Crippen LogP contribution in [0.15, 0.2) is 6.20 Å². The summed E-state index contributed by atoms with van der Waals surface area (Å²) < 4.78 is 1.69. The van der Waals surface area contributed by atoms with Crippen molar-refractivity contribution in [3.63, 3.8) is 0 Å². The standard InChI is InChI=1S/C12H21N3O/c1-3-4-10-5-7-12(16,8-6-10)11-9-13-14-15(11)2/h9-10,16H,3-8H2,1-2H3. The fourth-order valence-electron chi connectivity index (χ4n) is 2.82. The van der Waals surface area contributed by atoms with Gasteiger partial charge in [0.2, 0.25) is 0 Å². The van der Waals surface area contributed by atoms with Crippen molar-refractivity contribution in [2.45, 2.75) is 51.0 Å². The molecule has 1 aromatic heterocycles. The summed E-state index contributed by atoms with van der Waals surface area (Å²) in [4.78, 5) is 0. The second-order valence-electron chi connectivity index (χ2n) is 5.01. The predicted octanol–water partition coefficient (Wildman–Crippen LogP) is 1.99. The van der Waals surface area contributed by atoms with Crippen molar-refractivity contribution in [3.8, 4) is 0 Å². The van der Waals surface area contributed by atoms with E-state index in [1.54, 1.807) is 10.9 Å². The lowest BCUT2D eigenvalue weighted by Gasteiger charge is -2.35. The molecule has 0 spiro atoms. The Morgan fingerprint density at radius 1 is 1.50 bits per heavy atom. The van der Waals surface area contributed by atoms with E-state index >= 15 is 0 Å². The third-order valence-electron chi connectivity index (χ3n) is 3.82. The number of hydrogen-bond donors (Lipinski definition) is 1. The van der Waals surface area contributed by atoms with E-state index in [0.29, 0.717) is 0 Å². The molecule has 2 rings (SSSR count). The normalized spacial score (nSPS) is 30.6. The van der Waals surface area contributed by atoms with E-state index in [1.807, 2.05) is 7.05 Å². The summed E-state index contributed by atoms with van der Waals surface area (Å²) in [5.74, 6) is 0.798. The minimum Gasteiger partial charge on any atom is -0.384 e. The summed E-state index contributed by atoms with van der Waals surface area (Å²) in [5, 5.41) is 18.3. The highest BCUT2D eigenvalue weighted by Crippen LogP contribution is 2.40. The van der Waals surface area contributed by atoms with E-state index < -0.39 is 5.60 Å². The van der Waals surface area contributed by atoms with E-state index in [0.717, 1.165) is 37.3 Å². The maximum atomic E-state index is 10.6. The van der Waals surface area contributed by atoms with Crippen LogP contribution in [0.2, 0.25) is 0 Å². The van der Waals surface area contributed by atoms with Crippen molar-refractivity contribution < 1.29 is 5.11 Å². The van der Waals surface area contributed by atoms with Crippen LogP contribution in [0.4, 0.5) is 0 Å². The molecule has 1 N–H and O–H groups in total. The third-order valence-corrected chi connectivity index (χ3v) is 3.82. The van der Waals surface area contributed by atoms with E-state index in [4.69, 9.17) is 0 Å². The molecule has 1 heterocycles. The minimum atomic E-state index is -0.692. The van der Waals surface area contributed by atoms with E-state index in [9.17, 15) is 5.11 Å². The number of aryl methyl sites for hydroxylation is 1. The summed E-state index contributed by atoms with van der Waals surface area (Å²) >= 11 is 0. The first kappa shape index (κ1) is 11.6. The lowest BCUT2D eigenvalue weighted by molar-refractivity contribution is -0.0219. The molecule has 1 fully saturated rings. The highest BCUT2D eigenvalue weighted by atomic mass is 16.3. The molecule has 90 valence electrons. The molecular formula is C12H21N3O. The molecule has 0 atom stereocenters. The van der Waals surface area contributed by atoms with Gasteiger partial charge in [0.05, 0.1) is 11.9 Å². The Kier molecular flexibility index (Phi) is 3.28. The van der Waals surface area contributed by atoms with Gasteiger partial charge in [-0.05, 0) is 31.6 Å². The predicted molar refractivity (Wildman–Crippen MR) is 61.8 cm³/mol. The van der Waals surface area contributed by atoms with Gasteiger partial charge in [-0.15, -0.1) is 5.10 Å². The number of hydrogen-bond acceptors (Lipinski definition) is 3. The smallest absolute Gasteiger partial charge is 0.108 e. The highest BCUT2D eigenvalue weighted by molar-refractivity contribution is 5.09. The summed E-state index contributed by atoms with van der Waals surface area (Å²) in [7, 11) is 1.85. The van der Waals surface area contributed by atoms with Gasteiger partial charge in [-0.1, -0.05) is 25.0 Å². The lowest BCUT2D eigenvalue weighted by atomic mass is 9.76. The summed E-state index contributed by atoms with van der Waals surface area (Å²) in [6.07, 6.45) is 8.17. The molecule has 0 unspecified atom stereocenters. The fraction of sp³-hybridized carbons (Fsp3) is 0.833. The van der Waals surface area contributed by atoms with Crippen molar-refractivity contribution >= 4 is 0 Å². The van der Waals surface area contributed by atoms with Gasteiger partial charge < -0.3 is 5.11 Å². The summed E-state index contributed by atoms with van der Waals surface area (Å²) in [6.45, 7) is 2.23. The van der Waals surface area contributed by atoms with Crippen LogP contribution >= 0.6 is 0 Å². The van der Waals surface area contributed by atoms with Crippen molar-refractivity contribution in [3.05, 3.63) is 11.9 Å². The first-order valence-electron chi connectivity index (χ1n) is 6.23. The molecule has 4 heteroatoms. The van der Waals surface area contributed by atoms with Crippen molar-refractivity contribution in [2.24, 2.45) is 13.0 Å². The molecule has 1 aliphatic carbocycles. The first-order chi connectivity index (χ1) is 7.65. The van der Waals surface area contributed by atoms with Crippen LogP contribution < -0.4 is 0 Å². The maximum Gasteiger partial charge on any atom is 0.108 e. The Balaban J connectivity index is 2.04. The molecule has 0 amide bonds. The highest BCUT2D eigenvalue weighted by Gasteiger charge is 2.36. The van der Waals surface area contributed by atoms with Crippen molar-refractivity contribution in [1.82, 2.24) is 15.0 Å². The van der Waals surface area contributed by atoms with Gasteiger partial charge in [0.15, 0.2) is 0 Å². The van der Waals surface area contributed by atoms with Gasteiger partial charge in [0.1, 0.15) is 5.60 Å².